The van der Waals surface area contributed by atoms with E-state index in [9.17, 15) is 22.8 Å². The van der Waals surface area contributed by atoms with E-state index in [4.69, 9.17) is 16.3 Å². The molecule has 9 heteroatoms. The zero-order valence-corrected chi connectivity index (χ0v) is 15.9. The van der Waals surface area contributed by atoms with Crippen molar-refractivity contribution in [1.82, 2.24) is 0 Å². The van der Waals surface area contributed by atoms with Gasteiger partial charge in [0.15, 0.2) is 5.78 Å². The first-order chi connectivity index (χ1) is 12.9. The lowest BCUT2D eigenvalue weighted by Gasteiger charge is -2.20. The molecule has 0 aliphatic heterocycles. The lowest BCUT2D eigenvalue weighted by atomic mass is 10.0. The van der Waals surface area contributed by atoms with Crippen molar-refractivity contribution in [3.05, 3.63) is 58.6 Å². The zero-order valence-electron chi connectivity index (χ0n) is 15.2. The molecule has 2 aromatic carbocycles. The highest BCUT2D eigenvalue weighted by molar-refractivity contribution is 6.31. The van der Waals surface area contributed by atoms with Crippen LogP contribution in [0.5, 0.6) is 5.75 Å². The van der Waals surface area contributed by atoms with Crippen molar-refractivity contribution in [2.75, 3.05) is 5.32 Å². The minimum Gasteiger partial charge on any atom is -0.444 e. The first-order valence-corrected chi connectivity index (χ1v) is 8.42. The number of amides is 1. The average Bonchev–Trinajstić information content (AvgIpc) is 2.53. The maximum Gasteiger partial charge on any atom is 0.573 e. The molecule has 0 aliphatic carbocycles. The molecule has 1 N–H and O–H groups in total. The van der Waals surface area contributed by atoms with Crippen LogP contribution in [0.2, 0.25) is 5.02 Å². The van der Waals surface area contributed by atoms with Gasteiger partial charge in [0, 0.05) is 10.6 Å². The molecule has 0 spiro atoms. The summed E-state index contributed by atoms with van der Waals surface area (Å²) in [6, 6.07) is 8.91. The van der Waals surface area contributed by atoms with Gasteiger partial charge in [0.1, 0.15) is 11.4 Å². The highest BCUT2D eigenvalue weighted by Gasteiger charge is 2.33. The van der Waals surface area contributed by atoms with E-state index in [0.717, 1.165) is 6.07 Å². The van der Waals surface area contributed by atoms with Gasteiger partial charge in [-0.25, -0.2) is 4.79 Å². The first kappa shape index (κ1) is 21.6. The van der Waals surface area contributed by atoms with Crippen LogP contribution in [0, 0.1) is 0 Å². The van der Waals surface area contributed by atoms with Crippen molar-refractivity contribution in [1.29, 1.82) is 0 Å². The number of anilines is 1. The predicted octanol–water partition coefficient (Wildman–Crippen LogP) is 5.82. The third-order valence-corrected chi connectivity index (χ3v) is 3.45. The molecule has 0 bridgehead atoms. The second-order valence-electron chi connectivity index (χ2n) is 6.69. The van der Waals surface area contributed by atoms with Crippen LogP contribution in [0.25, 0.3) is 0 Å². The van der Waals surface area contributed by atoms with Crippen molar-refractivity contribution in [3.63, 3.8) is 0 Å². The minimum absolute atomic E-state index is 0.0328. The number of alkyl halides is 3. The molecular weight excluding hydrogens is 399 g/mol. The molecule has 0 aliphatic rings. The number of rotatable bonds is 4. The monoisotopic (exact) mass is 415 g/mol. The fourth-order valence-corrected chi connectivity index (χ4v) is 2.41. The van der Waals surface area contributed by atoms with Gasteiger partial charge in [-0.1, -0.05) is 23.7 Å². The summed E-state index contributed by atoms with van der Waals surface area (Å²) < 4.78 is 47.0. The van der Waals surface area contributed by atoms with Gasteiger partial charge in [0.25, 0.3) is 0 Å². The van der Waals surface area contributed by atoms with Gasteiger partial charge in [0.2, 0.25) is 0 Å². The Balaban J connectivity index is 2.41. The number of para-hydroxylation sites is 1. The van der Waals surface area contributed by atoms with Crippen LogP contribution in [0.15, 0.2) is 42.5 Å². The van der Waals surface area contributed by atoms with Gasteiger partial charge >= 0.3 is 12.5 Å². The van der Waals surface area contributed by atoms with E-state index in [1.165, 1.54) is 36.4 Å². The number of hydrogen-bond donors (Lipinski definition) is 1. The highest BCUT2D eigenvalue weighted by Crippen LogP contribution is 2.31. The maximum absolute atomic E-state index is 12.9. The SMILES string of the molecule is CC(C)(C)OC(=O)Nc1ccc(Cl)cc1C(=O)c1ccccc1OC(F)(F)F. The van der Waals surface area contributed by atoms with Crippen LogP contribution >= 0.6 is 11.6 Å². The molecule has 0 saturated heterocycles. The Morgan fingerprint density at radius 1 is 1.00 bits per heavy atom. The van der Waals surface area contributed by atoms with Gasteiger partial charge in [-0.2, -0.15) is 0 Å². The van der Waals surface area contributed by atoms with Crippen molar-refractivity contribution in [3.8, 4) is 5.75 Å². The molecule has 0 radical (unpaired) electrons. The number of carbonyl (C=O) groups is 2. The van der Waals surface area contributed by atoms with Crippen LogP contribution in [0.1, 0.15) is 36.7 Å². The molecule has 150 valence electrons. The Bertz CT molecular complexity index is 891. The quantitative estimate of drug-likeness (QED) is 0.639. The molecule has 0 saturated carbocycles. The zero-order chi connectivity index (χ0) is 21.1. The third-order valence-electron chi connectivity index (χ3n) is 3.22. The Morgan fingerprint density at radius 3 is 2.25 bits per heavy atom. The van der Waals surface area contributed by atoms with E-state index in [2.05, 4.69) is 10.1 Å². The first-order valence-electron chi connectivity index (χ1n) is 8.05. The number of nitrogens with one attached hydrogen (secondary N) is 1. The van der Waals surface area contributed by atoms with Gasteiger partial charge in [-0.05, 0) is 51.1 Å². The molecule has 0 heterocycles. The van der Waals surface area contributed by atoms with Crippen molar-refractivity contribution < 1.29 is 32.2 Å². The maximum atomic E-state index is 12.9. The number of benzene rings is 2. The predicted molar refractivity (Wildman–Crippen MR) is 97.9 cm³/mol. The Kier molecular flexibility index (Phi) is 6.23. The Labute approximate surface area is 164 Å². The topological polar surface area (TPSA) is 64.6 Å². The molecule has 2 aromatic rings. The molecule has 0 fully saturated rings. The molecule has 28 heavy (non-hydrogen) atoms. The van der Waals surface area contributed by atoms with E-state index < -0.39 is 29.6 Å². The summed E-state index contributed by atoms with van der Waals surface area (Å²) in [6.07, 6.45) is -5.80. The van der Waals surface area contributed by atoms with Crippen LogP contribution in [-0.2, 0) is 4.74 Å². The third kappa shape index (κ3) is 6.16. The number of carbonyl (C=O) groups excluding carboxylic acids is 2. The average molecular weight is 416 g/mol. The van der Waals surface area contributed by atoms with Crippen LogP contribution in [0.3, 0.4) is 0 Å². The van der Waals surface area contributed by atoms with Crippen molar-refractivity contribution in [2.24, 2.45) is 0 Å². The second-order valence-corrected chi connectivity index (χ2v) is 7.13. The van der Waals surface area contributed by atoms with Gasteiger partial charge in [-0.15, -0.1) is 13.2 Å². The second kappa shape index (κ2) is 8.10. The van der Waals surface area contributed by atoms with Crippen molar-refractivity contribution in [2.45, 2.75) is 32.7 Å². The molecule has 0 atom stereocenters. The fourth-order valence-electron chi connectivity index (χ4n) is 2.24. The molecule has 2 rings (SSSR count). The molecular formula is C19H17ClF3NO4. The van der Waals surface area contributed by atoms with E-state index in [1.54, 1.807) is 20.8 Å². The van der Waals surface area contributed by atoms with Crippen LogP contribution < -0.4 is 10.1 Å². The van der Waals surface area contributed by atoms with Gasteiger partial charge in [-0.3, -0.25) is 10.1 Å². The van der Waals surface area contributed by atoms with Gasteiger partial charge < -0.3 is 9.47 Å². The normalized spacial score (nSPS) is 11.7. The summed E-state index contributed by atoms with van der Waals surface area (Å²) in [7, 11) is 0. The van der Waals surface area contributed by atoms with Crippen LogP contribution in [-0.4, -0.2) is 23.8 Å². The van der Waals surface area contributed by atoms with E-state index in [-0.39, 0.29) is 21.8 Å². The Hall–Kier alpha value is -2.74. The molecule has 0 aromatic heterocycles. The summed E-state index contributed by atoms with van der Waals surface area (Å²) in [5.41, 5.74) is -1.20. The molecule has 5 nitrogen and oxygen atoms in total. The summed E-state index contributed by atoms with van der Waals surface area (Å²) in [5.74, 6) is -1.48. The summed E-state index contributed by atoms with van der Waals surface area (Å²) in [5, 5.41) is 2.57. The number of ether oxygens (including phenoxy) is 2. The molecule has 0 unspecified atom stereocenters. The smallest absolute Gasteiger partial charge is 0.444 e. The van der Waals surface area contributed by atoms with E-state index >= 15 is 0 Å². The summed E-state index contributed by atoms with van der Waals surface area (Å²) in [6.45, 7) is 4.97. The lowest BCUT2D eigenvalue weighted by Crippen LogP contribution is -2.27. The number of ketones is 1. The van der Waals surface area contributed by atoms with Gasteiger partial charge in [0.05, 0.1) is 11.3 Å². The number of halogens is 4. The lowest BCUT2D eigenvalue weighted by molar-refractivity contribution is -0.274. The summed E-state index contributed by atoms with van der Waals surface area (Å²) in [4.78, 5) is 24.9. The minimum atomic E-state index is -4.97. The molecule has 1 amide bonds. The van der Waals surface area contributed by atoms with Crippen LogP contribution in [0.4, 0.5) is 23.7 Å². The standard InChI is InChI=1S/C19H17ClF3NO4/c1-18(2,3)28-17(26)24-14-9-8-11(20)10-13(14)16(25)12-6-4-5-7-15(12)27-19(21,22)23/h4-10H,1-3H3,(H,24,26). The van der Waals surface area contributed by atoms with E-state index in [1.807, 2.05) is 0 Å². The van der Waals surface area contributed by atoms with E-state index in [0.29, 0.717) is 0 Å². The summed E-state index contributed by atoms with van der Waals surface area (Å²) >= 11 is 5.93. The number of hydrogen-bond acceptors (Lipinski definition) is 4. The fraction of sp³-hybridized carbons (Fsp3) is 0.263. The van der Waals surface area contributed by atoms with Crippen molar-refractivity contribution >= 4 is 29.2 Å². The Morgan fingerprint density at radius 2 is 1.64 bits per heavy atom. The highest BCUT2D eigenvalue weighted by atomic mass is 35.5. The largest absolute Gasteiger partial charge is 0.573 e.